The smallest absolute Gasteiger partial charge is 0.264 e. The van der Waals surface area contributed by atoms with Gasteiger partial charge in [-0.1, -0.05) is 90.8 Å². The van der Waals surface area contributed by atoms with E-state index in [4.69, 9.17) is 23.2 Å². The van der Waals surface area contributed by atoms with Crippen LogP contribution in [0.25, 0.3) is 0 Å². The van der Waals surface area contributed by atoms with Gasteiger partial charge in [0.2, 0.25) is 11.8 Å². The van der Waals surface area contributed by atoms with Crippen LogP contribution in [0.15, 0.2) is 108 Å². The van der Waals surface area contributed by atoms with Gasteiger partial charge < -0.3 is 10.2 Å². The van der Waals surface area contributed by atoms with Crippen LogP contribution in [-0.4, -0.2) is 43.8 Å². The van der Waals surface area contributed by atoms with Crippen molar-refractivity contribution in [1.82, 2.24) is 10.2 Å². The highest BCUT2D eigenvalue weighted by molar-refractivity contribution is 7.92. The zero-order valence-corrected chi connectivity index (χ0v) is 27.8. The third-order valence-corrected chi connectivity index (χ3v) is 9.84. The lowest BCUT2D eigenvalue weighted by atomic mass is 10.0. The second kappa shape index (κ2) is 15.4. The quantitative estimate of drug-likeness (QED) is 0.166. The predicted molar refractivity (Wildman–Crippen MR) is 181 cm³/mol. The van der Waals surface area contributed by atoms with Crippen LogP contribution in [0, 0.1) is 6.92 Å². The normalized spacial score (nSPS) is 12.6. The molecule has 0 bridgehead atoms. The van der Waals surface area contributed by atoms with E-state index in [0.717, 1.165) is 15.4 Å². The van der Waals surface area contributed by atoms with Gasteiger partial charge in [0.05, 0.1) is 10.6 Å². The first-order valence-electron chi connectivity index (χ1n) is 14.7. The summed E-state index contributed by atoms with van der Waals surface area (Å²) in [5.41, 5.74) is 2.49. The number of benzene rings is 4. The van der Waals surface area contributed by atoms with Gasteiger partial charge in [-0.3, -0.25) is 13.9 Å². The Morgan fingerprint density at radius 1 is 0.822 bits per heavy atom. The van der Waals surface area contributed by atoms with E-state index in [-0.39, 0.29) is 29.8 Å². The van der Waals surface area contributed by atoms with Gasteiger partial charge in [-0.25, -0.2) is 8.42 Å². The van der Waals surface area contributed by atoms with Gasteiger partial charge in [-0.2, -0.15) is 0 Å². The largest absolute Gasteiger partial charge is 0.352 e. The van der Waals surface area contributed by atoms with Crippen molar-refractivity contribution in [1.29, 1.82) is 0 Å². The average Bonchev–Trinajstić information content (AvgIpc) is 3.03. The zero-order valence-electron chi connectivity index (χ0n) is 25.5. The number of carbonyl (C=O) groups is 2. The molecule has 0 saturated heterocycles. The fourth-order valence-corrected chi connectivity index (χ4v) is 6.77. The highest BCUT2D eigenvalue weighted by Gasteiger charge is 2.35. The summed E-state index contributed by atoms with van der Waals surface area (Å²) in [7, 11) is -4.20. The first kappa shape index (κ1) is 34.0. The fourth-order valence-electron chi connectivity index (χ4n) is 4.91. The van der Waals surface area contributed by atoms with Gasteiger partial charge in [-0.05, 0) is 79.4 Å². The van der Waals surface area contributed by atoms with Gasteiger partial charge in [0.15, 0.2) is 0 Å². The highest BCUT2D eigenvalue weighted by atomic mass is 35.5. The predicted octanol–water partition coefficient (Wildman–Crippen LogP) is 7.05. The minimum Gasteiger partial charge on any atom is -0.352 e. The maximum Gasteiger partial charge on any atom is 0.264 e. The van der Waals surface area contributed by atoms with E-state index in [0.29, 0.717) is 27.7 Å². The topological polar surface area (TPSA) is 86.8 Å². The number of aryl methyl sites for hydroxylation is 1. The number of nitrogens with one attached hydrogen (secondary N) is 1. The van der Waals surface area contributed by atoms with Gasteiger partial charge in [0.25, 0.3) is 10.0 Å². The molecule has 4 aromatic carbocycles. The molecule has 4 rings (SSSR count). The number of nitrogens with zero attached hydrogens (tertiary/aromatic N) is 2. The summed E-state index contributed by atoms with van der Waals surface area (Å²) in [5, 5.41) is 4.01. The zero-order chi connectivity index (χ0) is 32.6. The molecule has 0 saturated carbocycles. The van der Waals surface area contributed by atoms with Crippen molar-refractivity contribution >= 4 is 50.7 Å². The van der Waals surface area contributed by atoms with Gasteiger partial charge in [0, 0.05) is 29.1 Å². The molecule has 0 radical (unpaired) electrons. The Balaban J connectivity index is 1.82. The Labute approximate surface area is 275 Å². The molecule has 0 heterocycles. The summed E-state index contributed by atoms with van der Waals surface area (Å²) in [6.45, 7) is 5.12. The van der Waals surface area contributed by atoms with E-state index in [9.17, 15) is 18.0 Å². The maximum absolute atomic E-state index is 14.5. The first-order valence-corrected chi connectivity index (χ1v) is 16.9. The second-order valence-corrected chi connectivity index (χ2v) is 13.7. The lowest BCUT2D eigenvalue weighted by Gasteiger charge is -2.34. The molecular weight excluding hydrogens is 629 g/mol. The average molecular weight is 667 g/mol. The monoisotopic (exact) mass is 665 g/mol. The fraction of sp³-hybridized carbons (Fsp3) is 0.257. The Hall–Kier alpha value is -3.85. The molecule has 0 spiro atoms. The number of halogens is 2. The van der Waals surface area contributed by atoms with Crippen molar-refractivity contribution < 1.29 is 18.0 Å². The summed E-state index contributed by atoms with van der Waals surface area (Å²) in [6.07, 6.45) is 0.932. The molecule has 7 nitrogen and oxygen atoms in total. The van der Waals surface area contributed by atoms with Crippen LogP contribution < -0.4 is 9.62 Å². The molecule has 2 amide bonds. The van der Waals surface area contributed by atoms with E-state index in [1.807, 2.05) is 44.2 Å². The molecule has 236 valence electrons. The van der Waals surface area contributed by atoms with Crippen molar-refractivity contribution in [3.8, 4) is 0 Å². The van der Waals surface area contributed by atoms with Crippen molar-refractivity contribution in [2.24, 2.45) is 0 Å². The summed E-state index contributed by atoms with van der Waals surface area (Å²) >= 11 is 12.4. The van der Waals surface area contributed by atoms with Crippen LogP contribution in [0.1, 0.15) is 37.0 Å². The number of hydrogen-bond acceptors (Lipinski definition) is 4. The van der Waals surface area contributed by atoms with Crippen molar-refractivity contribution in [2.45, 2.75) is 57.1 Å². The van der Waals surface area contributed by atoms with Crippen LogP contribution in [0.2, 0.25) is 10.0 Å². The van der Waals surface area contributed by atoms with E-state index >= 15 is 0 Å². The Morgan fingerprint density at radius 2 is 1.42 bits per heavy atom. The number of sulfonamides is 1. The molecular formula is C35H37Cl2N3O4S. The molecule has 0 aliphatic heterocycles. The molecule has 10 heteroatoms. The van der Waals surface area contributed by atoms with Gasteiger partial charge in [0.1, 0.15) is 12.6 Å². The van der Waals surface area contributed by atoms with Crippen molar-refractivity contribution in [3.05, 3.63) is 130 Å². The SMILES string of the molecule is CC[C@H](C)NC(=O)[C@@H](Cc1ccccc1)N(Cc1ccc(Cl)cc1)C(=O)CN(c1ccc(Cl)cc1C)S(=O)(=O)c1ccccc1. The van der Waals surface area contributed by atoms with Crippen molar-refractivity contribution in [2.75, 3.05) is 10.8 Å². The van der Waals surface area contributed by atoms with Crippen molar-refractivity contribution in [3.63, 3.8) is 0 Å². The van der Waals surface area contributed by atoms with Crippen LogP contribution in [0.3, 0.4) is 0 Å². The highest BCUT2D eigenvalue weighted by Crippen LogP contribution is 2.29. The lowest BCUT2D eigenvalue weighted by Crippen LogP contribution is -2.54. The van der Waals surface area contributed by atoms with Crippen LogP contribution >= 0.6 is 23.2 Å². The summed E-state index contributed by atoms with van der Waals surface area (Å²) in [6, 6.07) is 28.2. The molecule has 2 atom stereocenters. The van der Waals surface area contributed by atoms with E-state index in [2.05, 4.69) is 5.32 Å². The minimum atomic E-state index is -4.20. The van der Waals surface area contributed by atoms with Crippen LogP contribution in [0.5, 0.6) is 0 Å². The number of amides is 2. The Morgan fingerprint density at radius 3 is 2.02 bits per heavy atom. The first-order chi connectivity index (χ1) is 21.5. The van der Waals surface area contributed by atoms with Crippen LogP contribution in [0.4, 0.5) is 5.69 Å². The molecule has 1 N–H and O–H groups in total. The number of carbonyl (C=O) groups excluding carboxylic acids is 2. The molecule has 0 aliphatic carbocycles. The van der Waals surface area contributed by atoms with Gasteiger partial charge in [-0.15, -0.1) is 0 Å². The third kappa shape index (κ3) is 8.87. The molecule has 0 unspecified atom stereocenters. The van der Waals surface area contributed by atoms with E-state index in [1.165, 1.54) is 17.0 Å². The van der Waals surface area contributed by atoms with Crippen LogP contribution in [-0.2, 0) is 32.6 Å². The van der Waals surface area contributed by atoms with Gasteiger partial charge >= 0.3 is 0 Å². The summed E-state index contributed by atoms with van der Waals surface area (Å²) < 4.78 is 29.4. The number of anilines is 1. The minimum absolute atomic E-state index is 0.0340. The molecule has 0 fully saturated rings. The number of hydrogen-bond donors (Lipinski definition) is 1. The summed E-state index contributed by atoms with van der Waals surface area (Å²) in [5.74, 6) is -0.866. The molecule has 4 aromatic rings. The standard InChI is InChI=1S/C35H37Cl2N3O4S/c1-4-26(3)38-35(42)33(22-27-11-7-5-8-12-27)39(23-28-15-17-29(36)18-16-28)34(41)24-40(32-20-19-30(37)21-25(32)2)45(43,44)31-13-9-6-10-14-31/h5-21,26,33H,4,22-24H2,1-3H3,(H,38,42)/t26-,33+/m0/s1. The van der Waals surface area contributed by atoms with E-state index in [1.54, 1.807) is 67.6 Å². The summed E-state index contributed by atoms with van der Waals surface area (Å²) in [4.78, 5) is 29.9. The third-order valence-electron chi connectivity index (χ3n) is 7.58. The lowest BCUT2D eigenvalue weighted by molar-refractivity contribution is -0.140. The Kier molecular flexibility index (Phi) is 11.7. The molecule has 0 aliphatic rings. The van der Waals surface area contributed by atoms with E-state index < -0.39 is 28.5 Å². The number of rotatable bonds is 13. The Bertz CT molecular complexity index is 1700. The second-order valence-electron chi connectivity index (χ2n) is 10.9. The molecule has 0 aromatic heterocycles. The maximum atomic E-state index is 14.5. The molecule has 45 heavy (non-hydrogen) atoms.